The number of anilines is 1. The zero-order valence-corrected chi connectivity index (χ0v) is 12.9. The van der Waals surface area contributed by atoms with Crippen LogP contribution in [0, 0.1) is 0 Å². The van der Waals surface area contributed by atoms with Crippen LogP contribution in [0.4, 0.5) is 5.69 Å². The zero-order valence-electron chi connectivity index (χ0n) is 9.68. The number of hydrogen-bond donors (Lipinski definition) is 1. The predicted molar refractivity (Wildman–Crippen MR) is 79.5 cm³/mol. The van der Waals surface area contributed by atoms with Gasteiger partial charge in [0.15, 0.2) is 0 Å². The summed E-state index contributed by atoms with van der Waals surface area (Å²) in [6.07, 6.45) is 0. The third-order valence-corrected chi connectivity index (χ3v) is 5.59. The van der Waals surface area contributed by atoms with E-state index in [9.17, 15) is 4.21 Å². The van der Waals surface area contributed by atoms with Gasteiger partial charge in [-0.1, -0.05) is 0 Å². The van der Waals surface area contributed by atoms with Crippen LogP contribution < -0.4 is 10.5 Å². The number of benzene rings is 1. The number of rotatable bonds is 4. The van der Waals surface area contributed by atoms with Gasteiger partial charge in [0.25, 0.3) is 0 Å². The van der Waals surface area contributed by atoms with Crippen molar-refractivity contribution in [3.05, 3.63) is 39.0 Å². The van der Waals surface area contributed by atoms with Crippen LogP contribution in [0.1, 0.15) is 4.88 Å². The van der Waals surface area contributed by atoms with E-state index < -0.39 is 10.8 Å². The van der Waals surface area contributed by atoms with Gasteiger partial charge in [0.05, 0.1) is 32.3 Å². The summed E-state index contributed by atoms with van der Waals surface area (Å²) in [4.78, 5) is 1.68. The molecule has 6 heteroatoms. The van der Waals surface area contributed by atoms with Crippen molar-refractivity contribution in [1.82, 2.24) is 0 Å². The molecular weight excluding hydrogens is 334 g/mol. The van der Waals surface area contributed by atoms with Gasteiger partial charge in [-0.2, -0.15) is 0 Å². The number of hydrogen-bond acceptors (Lipinski definition) is 4. The summed E-state index contributed by atoms with van der Waals surface area (Å²) in [6, 6.07) is 9.12. The molecule has 0 spiro atoms. The minimum atomic E-state index is -1.16. The van der Waals surface area contributed by atoms with Gasteiger partial charge in [0.1, 0.15) is 5.75 Å². The first-order valence-electron chi connectivity index (χ1n) is 5.16. The van der Waals surface area contributed by atoms with Crippen LogP contribution in [0.5, 0.6) is 5.75 Å². The van der Waals surface area contributed by atoms with E-state index in [-0.39, 0.29) is 0 Å². The summed E-state index contributed by atoms with van der Waals surface area (Å²) in [5.74, 6) is 1.13. The molecule has 0 saturated heterocycles. The Kier molecular flexibility index (Phi) is 4.42. The molecule has 96 valence electrons. The maximum absolute atomic E-state index is 12.3. The Bertz CT molecular complexity index is 583. The third-order valence-electron chi connectivity index (χ3n) is 2.37. The van der Waals surface area contributed by atoms with Gasteiger partial charge in [-0.15, -0.1) is 11.3 Å². The first kappa shape index (κ1) is 13.6. The molecule has 1 atom stereocenters. The lowest BCUT2D eigenvalue weighted by Gasteiger charge is -2.07. The van der Waals surface area contributed by atoms with Gasteiger partial charge < -0.3 is 10.5 Å². The van der Waals surface area contributed by atoms with Crippen LogP contribution in [0.15, 0.2) is 39.0 Å². The van der Waals surface area contributed by atoms with E-state index in [4.69, 9.17) is 10.5 Å². The van der Waals surface area contributed by atoms with Crippen LogP contribution >= 0.6 is 27.3 Å². The minimum Gasteiger partial charge on any atom is -0.497 e. The van der Waals surface area contributed by atoms with Gasteiger partial charge in [-0.3, -0.25) is 4.21 Å². The molecule has 0 aliphatic carbocycles. The van der Waals surface area contributed by atoms with Crippen molar-refractivity contribution < 1.29 is 8.95 Å². The highest BCUT2D eigenvalue weighted by atomic mass is 79.9. The molecule has 1 aromatic carbocycles. The van der Waals surface area contributed by atoms with Crippen LogP contribution in [-0.4, -0.2) is 11.3 Å². The van der Waals surface area contributed by atoms with Crippen molar-refractivity contribution in [1.29, 1.82) is 0 Å². The largest absolute Gasteiger partial charge is 0.497 e. The second kappa shape index (κ2) is 5.86. The molecule has 2 aromatic rings. The number of nitrogens with two attached hydrogens (primary N) is 1. The molecular formula is C12H12BrNO2S2. The molecule has 1 heterocycles. The van der Waals surface area contributed by atoms with Gasteiger partial charge in [0, 0.05) is 10.6 Å². The maximum Gasteiger partial charge on any atom is 0.120 e. The van der Waals surface area contributed by atoms with Crippen molar-refractivity contribution in [2.45, 2.75) is 10.6 Å². The molecule has 0 aliphatic rings. The fourth-order valence-corrected chi connectivity index (χ4v) is 4.40. The van der Waals surface area contributed by atoms with Crippen LogP contribution in [-0.2, 0) is 16.6 Å². The molecule has 1 unspecified atom stereocenters. The molecule has 0 fully saturated rings. The zero-order chi connectivity index (χ0) is 13.1. The van der Waals surface area contributed by atoms with Crippen LogP contribution in [0.3, 0.4) is 0 Å². The Morgan fingerprint density at radius 1 is 1.39 bits per heavy atom. The molecule has 1 aromatic heterocycles. The smallest absolute Gasteiger partial charge is 0.120 e. The normalized spacial score (nSPS) is 12.3. The van der Waals surface area contributed by atoms with Gasteiger partial charge >= 0.3 is 0 Å². The molecule has 2 rings (SSSR count). The molecule has 0 saturated carbocycles. The molecule has 3 nitrogen and oxygen atoms in total. The second-order valence-corrected chi connectivity index (χ2v) is 7.57. The van der Waals surface area contributed by atoms with E-state index in [1.54, 1.807) is 36.6 Å². The number of ether oxygens (including phenoxy) is 1. The molecule has 2 N–H and O–H groups in total. The highest BCUT2D eigenvalue weighted by Gasteiger charge is 2.11. The summed E-state index contributed by atoms with van der Waals surface area (Å²) in [5, 5.41) is 0. The molecule has 0 aliphatic heterocycles. The van der Waals surface area contributed by atoms with Gasteiger partial charge in [-0.05, 0) is 46.3 Å². The fraction of sp³-hybridized carbons (Fsp3) is 0.167. The summed E-state index contributed by atoms with van der Waals surface area (Å²) in [6.45, 7) is 0. The fourth-order valence-electron chi connectivity index (χ4n) is 1.48. The minimum absolute atomic E-state index is 0.466. The number of nitrogen functional groups attached to an aromatic ring is 1. The van der Waals surface area contributed by atoms with E-state index in [0.717, 1.165) is 8.66 Å². The van der Waals surface area contributed by atoms with Gasteiger partial charge in [-0.25, -0.2) is 0 Å². The highest BCUT2D eigenvalue weighted by Crippen LogP contribution is 2.28. The first-order valence-corrected chi connectivity index (χ1v) is 8.09. The van der Waals surface area contributed by atoms with Crippen LogP contribution in [0.25, 0.3) is 0 Å². The summed E-state index contributed by atoms with van der Waals surface area (Å²) >= 11 is 4.97. The number of halogens is 1. The second-order valence-electron chi connectivity index (χ2n) is 3.60. The monoisotopic (exact) mass is 345 g/mol. The third kappa shape index (κ3) is 3.13. The topological polar surface area (TPSA) is 52.3 Å². The molecule has 0 bridgehead atoms. The van der Waals surface area contributed by atoms with E-state index >= 15 is 0 Å². The standard InChI is InChI=1S/C12H12BrNO2S2/c1-16-8-2-4-10(14)11(6-8)18(15)7-9-3-5-12(13)17-9/h2-6H,7,14H2,1H3. The molecule has 0 amide bonds. The Balaban J connectivity index is 2.23. The summed E-state index contributed by atoms with van der Waals surface area (Å²) in [5.41, 5.74) is 6.38. The first-order chi connectivity index (χ1) is 8.60. The lowest BCUT2D eigenvalue weighted by molar-refractivity contribution is 0.413. The van der Waals surface area contributed by atoms with Crippen molar-refractivity contribution in [2.24, 2.45) is 0 Å². The van der Waals surface area contributed by atoms with Crippen molar-refractivity contribution in [2.75, 3.05) is 12.8 Å². The van der Waals surface area contributed by atoms with Crippen molar-refractivity contribution >= 4 is 43.8 Å². The van der Waals surface area contributed by atoms with E-state index in [1.165, 1.54) is 0 Å². The average molecular weight is 346 g/mol. The summed E-state index contributed by atoms with van der Waals surface area (Å²) < 4.78 is 18.4. The molecule has 0 radical (unpaired) electrons. The Hall–Kier alpha value is -0.850. The van der Waals surface area contributed by atoms with E-state index in [1.807, 2.05) is 12.1 Å². The van der Waals surface area contributed by atoms with E-state index in [0.29, 0.717) is 22.1 Å². The Labute approximate surface area is 121 Å². The lowest BCUT2D eigenvalue weighted by Crippen LogP contribution is -2.00. The van der Waals surface area contributed by atoms with Crippen LogP contribution in [0.2, 0.25) is 0 Å². The number of methoxy groups -OCH3 is 1. The van der Waals surface area contributed by atoms with Gasteiger partial charge in [0.2, 0.25) is 0 Å². The predicted octanol–water partition coefficient (Wildman–Crippen LogP) is 3.41. The average Bonchev–Trinajstić information content (AvgIpc) is 2.75. The van der Waals surface area contributed by atoms with Crippen molar-refractivity contribution in [3.63, 3.8) is 0 Å². The highest BCUT2D eigenvalue weighted by molar-refractivity contribution is 9.11. The number of thiophene rings is 1. The lowest BCUT2D eigenvalue weighted by atomic mass is 10.3. The maximum atomic E-state index is 12.3. The SMILES string of the molecule is COc1ccc(N)c(S(=O)Cc2ccc(Br)s2)c1. The quantitative estimate of drug-likeness (QED) is 0.864. The van der Waals surface area contributed by atoms with Crippen molar-refractivity contribution in [3.8, 4) is 5.75 Å². The summed E-state index contributed by atoms with van der Waals surface area (Å²) in [7, 11) is 0.418. The Morgan fingerprint density at radius 3 is 2.78 bits per heavy atom. The molecule has 18 heavy (non-hydrogen) atoms. The van der Waals surface area contributed by atoms with E-state index in [2.05, 4.69) is 15.9 Å². The Morgan fingerprint density at radius 2 is 2.17 bits per heavy atom.